The van der Waals surface area contributed by atoms with Crippen LogP contribution in [0, 0.1) is 0 Å². The molecule has 0 N–H and O–H groups in total. The van der Waals surface area contributed by atoms with Gasteiger partial charge in [0.2, 0.25) is 0 Å². The van der Waals surface area contributed by atoms with Crippen LogP contribution in [-0.2, 0) is 0 Å². The molecule has 0 saturated heterocycles. The van der Waals surface area contributed by atoms with Crippen molar-refractivity contribution < 1.29 is 4.42 Å². The fourth-order valence-corrected chi connectivity index (χ4v) is 9.54. The van der Waals surface area contributed by atoms with E-state index in [-0.39, 0.29) is 0 Å². The smallest absolute Gasteiger partial charge is 0.143 e. The van der Waals surface area contributed by atoms with Crippen molar-refractivity contribution in [2.75, 3.05) is 4.90 Å². The predicted molar refractivity (Wildman–Crippen MR) is 271 cm³/mol. The molecule has 12 aromatic rings. The van der Waals surface area contributed by atoms with Crippen molar-refractivity contribution in [2.24, 2.45) is 0 Å². The first-order valence-electron chi connectivity index (χ1n) is 21.9. The van der Waals surface area contributed by atoms with Crippen molar-refractivity contribution >= 4 is 60.5 Å². The second kappa shape index (κ2) is 15.8. The van der Waals surface area contributed by atoms with Crippen molar-refractivity contribution in [3.05, 3.63) is 249 Å². The molecule has 0 radical (unpaired) electrons. The number of benzene rings is 11. The van der Waals surface area contributed by atoms with Gasteiger partial charge in [-0.25, -0.2) is 0 Å². The Kier molecular flexibility index (Phi) is 9.20. The first-order valence-corrected chi connectivity index (χ1v) is 21.9. The molecule has 12 rings (SSSR count). The van der Waals surface area contributed by atoms with E-state index in [9.17, 15) is 0 Å². The molecule has 1 aromatic heterocycles. The van der Waals surface area contributed by atoms with E-state index in [1.54, 1.807) is 0 Å². The molecule has 0 bridgehead atoms. The molecule has 0 aliphatic carbocycles. The minimum atomic E-state index is 0.880. The molecule has 1 heterocycles. The summed E-state index contributed by atoms with van der Waals surface area (Å²) in [5.74, 6) is 0. The summed E-state index contributed by atoms with van der Waals surface area (Å²) in [6, 6.07) is 89.8. The van der Waals surface area contributed by atoms with E-state index in [0.29, 0.717) is 0 Å². The van der Waals surface area contributed by atoms with Crippen LogP contribution in [0.4, 0.5) is 17.1 Å². The molecule has 0 fully saturated rings. The Labute approximate surface area is 372 Å². The van der Waals surface area contributed by atoms with Crippen LogP contribution in [0.3, 0.4) is 0 Å². The highest BCUT2D eigenvalue weighted by Gasteiger charge is 2.23. The lowest BCUT2D eigenvalue weighted by molar-refractivity contribution is 0.670. The summed E-state index contributed by atoms with van der Waals surface area (Å²) in [5.41, 5.74) is 16.4. The van der Waals surface area contributed by atoms with E-state index in [2.05, 4.69) is 248 Å². The Hall–Kier alpha value is -8.46. The Morgan fingerprint density at radius 2 is 0.844 bits per heavy atom. The Morgan fingerprint density at radius 3 is 1.73 bits per heavy atom. The van der Waals surface area contributed by atoms with Gasteiger partial charge in [-0.3, -0.25) is 0 Å². The van der Waals surface area contributed by atoms with Gasteiger partial charge < -0.3 is 9.32 Å². The topological polar surface area (TPSA) is 16.4 Å². The average molecular weight is 816 g/mol. The average Bonchev–Trinajstić information content (AvgIpc) is 3.76. The number of furan rings is 1. The van der Waals surface area contributed by atoms with Gasteiger partial charge in [0.15, 0.2) is 0 Å². The van der Waals surface area contributed by atoms with Crippen molar-refractivity contribution in [2.45, 2.75) is 0 Å². The molecule has 0 atom stereocenters. The summed E-state index contributed by atoms with van der Waals surface area (Å²) < 4.78 is 6.70. The first kappa shape index (κ1) is 37.3. The van der Waals surface area contributed by atoms with E-state index >= 15 is 0 Å². The third-order valence-corrected chi connectivity index (χ3v) is 12.7. The van der Waals surface area contributed by atoms with Crippen LogP contribution in [0.1, 0.15) is 0 Å². The van der Waals surface area contributed by atoms with Crippen LogP contribution in [0.15, 0.2) is 253 Å². The quantitative estimate of drug-likeness (QED) is 0.152. The number of hydrogen-bond donors (Lipinski definition) is 0. The van der Waals surface area contributed by atoms with Gasteiger partial charge in [-0.15, -0.1) is 0 Å². The molecule has 0 saturated carbocycles. The van der Waals surface area contributed by atoms with Crippen molar-refractivity contribution in [3.8, 4) is 55.6 Å². The van der Waals surface area contributed by atoms with E-state index < -0.39 is 0 Å². The maximum Gasteiger partial charge on any atom is 0.143 e. The van der Waals surface area contributed by atoms with Crippen molar-refractivity contribution in [3.63, 3.8) is 0 Å². The number of hydrogen-bond acceptors (Lipinski definition) is 2. The fourth-order valence-electron chi connectivity index (χ4n) is 9.54. The van der Waals surface area contributed by atoms with E-state index in [0.717, 1.165) is 72.4 Å². The molecule has 0 spiro atoms. The van der Waals surface area contributed by atoms with Gasteiger partial charge in [0, 0.05) is 33.2 Å². The van der Waals surface area contributed by atoms with Gasteiger partial charge in [0.05, 0.1) is 11.4 Å². The molecule has 0 unspecified atom stereocenters. The second-order valence-electron chi connectivity index (χ2n) is 16.4. The second-order valence-corrected chi connectivity index (χ2v) is 16.4. The lowest BCUT2D eigenvalue weighted by atomic mass is 9.94. The number of nitrogens with zero attached hydrogens (tertiary/aromatic N) is 1. The van der Waals surface area contributed by atoms with Gasteiger partial charge in [-0.1, -0.05) is 206 Å². The minimum Gasteiger partial charge on any atom is -0.455 e. The monoisotopic (exact) mass is 815 g/mol. The summed E-state index contributed by atoms with van der Waals surface area (Å²) in [6.07, 6.45) is 0. The van der Waals surface area contributed by atoms with Gasteiger partial charge >= 0.3 is 0 Å². The zero-order valence-corrected chi connectivity index (χ0v) is 35.0. The zero-order chi connectivity index (χ0) is 42.4. The molecule has 0 aliphatic rings. The molecular formula is C62H41NO. The summed E-state index contributed by atoms with van der Waals surface area (Å²) in [4.78, 5) is 2.44. The Bertz CT molecular complexity index is 3670. The number of para-hydroxylation sites is 3. The van der Waals surface area contributed by atoms with Crippen LogP contribution in [0.2, 0.25) is 0 Å². The highest BCUT2D eigenvalue weighted by Crippen LogP contribution is 2.48. The SMILES string of the molecule is c1ccc(-c2ccc(-c3ccc4ccccc4c3)cc2N(c2ccc(-c3cccc(-c4cccc5ccccc45)c3)cc2)c2ccccc2-c2cccc3c2oc2ccccc23)cc1. The fraction of sp³-hybridized carbons (Fsp3) is 0. The molecule has 300 valence electrons. The van der Waals surface area contributed by atoms with Gasteiger partial charge in [0.25, 0.3) is 0 Å². The predicted octanol–water partition coefficient (Wildman–Crippen LogP) is 17.7. The third-order valence-electron chi connectivity index (χ3n) is 12.7. The lowest BCUT2D eigenvalue weighted by Crippen LogP contribution is -2.12. The molecule has 2 heteroatoms. The Morgan fingerprint density at radius 1 is 0.266 bits per heavy atom. The molecule has 0 aliphatic heterocycles. The van der Waals surface area contributed by atoms with Gasteiger partial charge in [-0.2, -0.15) is 0 Å². The van der Waals surface area contributed by atoms with E-state index in [1.165, 1.54) is 43.8 Å². The number of rotatable bonds is 8. The summed E-state index contributed by atoms with van der Waals surface area (Å²) in [5, 5.41) is 7.16. The summed E-state index contributed by atoms with van der Waals surface area (Å²) >= 11 is 0. The number of anilines is 3. The third kappa shape index (κ3) is 6.61. The van der Waals surface area contributed by atoms with E-state index in [4.69, 9.17) is 4.42 Å². The molecule has 11 aromatic carbocycles. The summed E-state index contributed by atoms with van der Waals surface area (Å²) in [7, 11) is 0. The molecule has 2 nitrogen and oxygen atoms in total. The largest absolute Gasteiger partial charge is 0.455 e. The van der Waals surface area contributed by atoms with Crippen LogP contribution in [0.5, 0.6) is 0 Å². The van der Waals surface area contributed by atoms with Crippen LogP contribution < -0.4 is 4.90 Å². The van der Waals surface area contributed by atoms with Crippen LogP contribution in [-0.4, -0.2) is 0 Å². The number of fused-ring (bicyclic) bond motifs is 5. The minimum absolute atomic E-state index is 0.880. The lowest BCUT2D eigenvalue weighted by Gasteiger charge is -2.30. The molecule has 64 heavy (non-hydrogen) atoms. The van der Waals surface area contributed by atoms with Crippen molar-refractivity contribution in [1.82, 2.24) is 0 Å². The van der Waals surface area contributed by atoms with Crippen LogP contribution >= 0.6 is 0 Å². The van der Waals surface area contributed by atoms with Crippen molar-refractivity contribution in [1.29, 1.82) is 0 Å². The zero-order valence-electron chi connectivity index (χ0n) is 35.0. The maximum atomic E-state index is 6.70. The molecule has 0 amide bonds. The highest BCUT2D eigenvalue weighted by molar-refractivity contribution is 6.11. The highest BCUT2D eigenvalue weighted by atomic mass is 16.3. The first-order chi connectivity index (χ1) is 31.7. The Balaban J connectivity index is 1.06. The standard InChI is InChI=1S/C62H41NO/c1-2-16-45(17-3-1)54-38-35-49(48-32-31-42-15-4-5-19-46(42)39-48)41-60(54)63(59-29-10-8-24-55(59)57-27-14-28-58-56-25-9-11-30-61(56)64-62(57)58)51-36-33-43(34-37-51)47-21-12-22-50(40-47)53-26-13-20-44-18-6-7-23-52(44)53/h1-41H. The molecular weight excluding hydrogens is 775 g/mol. The van der Waals surface area contributed by atoms with Crippen LogP contribution in [0.25, 0.3) is 99.1 Å². The van der Waals surface area contributed by atoms with E-state index in [1.807, 2.05) is 6.07 Å². The van der Waals surface area contributed by atoms with Gasteiger partial charge in [-0.05, 0) is 103 Å². The normalized spacial score (nSPS) is 11.4. The maximum absolute atomic E-state index is 6.70. The van der Waals surface area contributed by atoms with Gasteiger partial charge in [0.1, 0.15) is 11.2 Å². The summed E-state index contributed by atoms with van der Waals surface area (Å²) in [6.45, 7) is 0.